The van der Waals surface area contributed by atoms with Crippen LogP contribution in [0.15, 0.2) is 48.5 Å². The van der Waals surface area contributed by atoms with Crippen molar-refractivity contribution in [3.8, 4) is 0 Å². The maximum Gasteiger partial charge on any atom is 0.276 e. The molecule has 2 aromatic rings. The first-order valence-electron chi connectivity index (χ1n) is 5.74. The lowest BCUT2D eigenvalue weighted by Crippen LogP contribution is -1.90. The lowest BCUT2D eigenvalue weighted by molar-refractivity contribution is -0.385. The van der Waals surface area contributed by atoms with Crippen molar-refractivity contribution in [1.82, 2.24) is 0 Å². The summed E-state index contributed by atoms with van der Waals surface area (Å²) < 4.78 is 0. The topological polar surface area (TPSA) is 86.3 Å². The zero-order valence-corrected chi connectivity index (χ0v) is 10.3. The first-order valence-corrected chi connectivity index (χ1v) is 5.74. The van der Waals surface area contributed by atoms with Crippen LogP contribution in [0.4, 0.5) is 11.4 Å². The number of nitro groups is 2. The minimum Gasteiger partial charge on any atom is -0.258 e. The second-order valence-electron chi connectivity index (χ2n) is 4.00. The van der Waals surface area contributed by atoms with Gasteiger partial charge >= 0.3 is 0 Å². The molecular weight excluding hydrogens is 260 g/mol. The largest absolute Gasteiger partial charge is 0.276 e. The summed E-state index contributed by atoms with van der Waals surface area (Å²) in [6.45, 7) is 0. The third kappa shape index (κ3) is 3.05. The molecule has 2 rings (SSSR count). The number of rotatable bonds is 4. The fourth-order valence-corrected chi connectivity index (χ4v) is 1.69. The van der Waals surface area contributed by atoms with Gasteiger partial charge in [-0.25, -0.2) is 0 Å². The number of non-ortho nitro benzene ring substituents is 1. The van der Waals surface area contributed by atoms with Crippen molar-refractivity contribution in [1.29, 1.82) is 0 Å². The summed E-state index contributed by atoms with van der Waals surface area (Å²) in [7, 11) is 0. The molecule has 0 saturated heterocycles. The van der Waals surface area contributed by atoms with Gasteiger partial charge in [-0.2, -0.15) is 0 Å². The highest BCUT2D eigenvalue weighted by Crippen LogP contribution is 2.21. The second kappa shape index (κ2) is 5.75. The number of para-hydroxylation sites is 1. The van der Waals surface area contributed by atoms with Gasteiger partial charge in [0.25, 0.3) is 11.4 Å². The average molecular weight is 270 g/mol. The van der Waals surface area contributed by atoms with Crippen molar-refractivity contribution in [2.45, 2.75) is 0 Å². The summed E-state index contributed by atoms with van der Waals surface area (Å²) in [6.07, 6.45) is 3.28. The van der Waals surface area contributed by atoms with Crippen LogP contribution in [0.2, 0.25) is 0 Å². The van der Waals surface area contributed by atoms with Gasteiger partial charge in [0, 0.05) is 18.2 Å². The summed E-state index contributed by atoms with van der Waals surface area (Å²) >= 11 is 0. The summed E-state index contributed by atoms with van der Waals surface area (Å²) in [5, 5.41) is 21.4. The average Bonchev–Trinajstić information content (AvgIpc) is 2.45. The van der Waals surface area contributed by atoms with Gasteiger partial charge in [0.1, 0.15) is 0 Å². The molecule has 0 radical (unpaired) electrons. The predicted molar refractivity (Wildman–Crippen MR) is 75.1 cm³/mol. The van der Waals surface area contributed by atoms with Gasteiger partial charge in [-0.15, -0.1) is 0 Å². The van der Waals surface area contributed by atoms with Crippen LogP contribution in [0.1, 0.15) is 11.1 Å². The van der Waals surface area contributed by atoms with Crippen LogP contribution in [-0.4, -0.2) is 9.85 Å². The zero-order chi connectivity index (χ0) is 14.5. The molecule has 0 fully saturated rings. The predicted octanol–water partition coefficient (Wildman–Crippen LogP) is 3.67. The van der Waals surface area contributed by atoms with E-state index in [1.54, 1.807) is 42.5 Å². The van der Waals surface area contributed by atoms with Crippen LogP contribution in [0.5, 0.6) is 0 Å². The van der Waals surface area contributed by atoms with E-state index >= 15 is 0 Å². The summed E-state index contributed by atoms with van der Waals surface area (Å²) in [5.41, 5.74) is 1.24. The molecule has 20 heavy (non-hydrogen) atoms. The van der Waals surface area contributed by atoms with Crippen molar-refractivity contribution in [3.63, 3.8) is 0 Å². The van der Waals surface area contributed by atoms with Crippen molar-refractivity contribution >= 4 is 23.5 Å². The molecule has 0 aliphatic rings. The van der Waals surface area contributed by atoms with E-state index in [4.69, 9.17) is 0 Å². The monoisotopic (exact) mass is 270 g/mol. The number of nitro benzene ring substituents is 2. The molecule has 6 nitrogen and oxygen atoms in total. The quantitative estimate of drug-likeness (QED) is 0.481. The Morgan fingerprint density at radius 2 is 1.45 bits per heavy atom. The molecule has 0 aliphatic heterocycles. The summed E-state index contributed by atoms with van der Waals surface area (Å²) in [5.74, 6) is 0. The maximum absolute atomic E-state index is 10.8. The molecule has 0 heterocycles. The molecule has 100 valence electrons. The summed E-state index contributed by atoms with van der Waals surface area (Å²) in [4.78, 5) is 20.4. The fraction of sp³-hybridized carbons (Fsp3) is 0. The number of hydrogen-bond donors (Lipinski definition) is 0. The van der Waals surface area contributed by atoms with E-state index in [-0.39, 0.29) is 11.4 Å². The number of nitrogens with zero attached hydrogens (tertiary/aromatic N) is 2. The van der Waals surface area contributed by atoms with Crippen LogP contribution in [0.25, 0.3) is 12.2 Å². The van der Waals surface area contributed by atoms with E-state index in [9.17, 15) is 20.2 Å². The highest BCUT2D eigenvalue weighted by atomic mass is 16.6. The Bertz CT molecular complexity index is 678. The van der Waals surface area contributed by atoms with Crippen LogP contribution >= 0.6 is 0 Å². The van der Waals surface area contributed by atoms with Gasteiger partial charge in [0.15, 0.2) is 0 Å². The third-order valence-corrected chi connectivity index (χ3v) is 2.69. The summed E-state index contributed by atoms with van der Waals surface area (Å²) in [6, 6.07) is 12.3. The highest BCUT2D eigenvalue weighted by Gasteiger charge is 2.09. The van der Waals surface area contributed by atoms with Gasteiger partial charge in [-0.1, -0.05) is 18.2 Å². The minimum atomic E-state index is -0.477. The van der Waals surface area contributed by atoms with E-state index in [0.29, 0.717) is 5.56 Å². The molecule has 0 atom stereocenters. The van der Waals surface area contributed by atoms with E-state index in [0.717, 1.165) is 5.56 Å². The standard InChI is InChI=1S/C14H10N2O4/c17-15(18)13-9-6-11(7-10-13)5-8-12-3-1-2-4-14(12)16(19)20/h1-10H/b8-5-. The smallest absolute Gasteiger partial charge is 0.258 e. The van der Waals surface area contributed by atoms with Crippen LogP contribution in [-0.2, 0) is 0 Å². The lowest BCUT2D eigenvalue weighted by Gasteiger charge is -1.97. The van der Waals surface area contributed by atoms with Gasteiger partial charge in [-0.3, -0.25) is 20.2 Å². The lowest BCUT2D eigenvalue weighted by atomic mass is 10.1. The Labute approximate surface area is 114 Å². The van der Waals surface area contributed by atoms with Gasteiger partial charge in [0.05, 0.1) is 15.4 Å². The Morgan fingerprint density at radius 1 is 0.800 bits per heavy atom. The Hall–Kier alpha value is -3.02. The van der Waals surface area contributed by atoms with Crippen LogP contribution in [0, 0.1) is 20.2 Å². The maximum atomic E-state index is 10.8. The fourth-order valence-electron chi connectivity index (χ4n) is 1.69. The van der Waals surface area contributed by atoms with Gasteiger partial charge in [-0.05, 0) is 29.8 Å². The molecule has 6 heteroatoms. The van der Waals surface area contributed by atoms with Crippen molar-refractivity contribution in [3.05, 3.63) is 79.9 Å². The zero-order valence-electron chi connectivity index (χ0n) is 10.3. The third-order valence-electron chi connectivity index (χ3n) is 2.69. The van der Waals surface area contributed by atoms with Crippen LogP contribution in [0.3, 0.4) is 0 Å². The molecule has 0 aliphatic carbocycles. The minimum absolute atomic E-state index is 0.00726. The normalized spacial score (nSPS) is 10.6. The molecule has 0 amide bonds. The van der Waals surface area contributed by atoms with E-state index in [2.05, 4.69) is 0 Å². The van der Waals surface area contributed by atoms with Crippen molar-refractivity contribution in [2.75, 3.05) is 0 Å². The molecule has 0 spiro atoms. The molecular formula is C14H10N2O4. The second-order valence-corrected chi connectivity index (χ2v) is 4.00. The Balaban J connectivity index is 2.25. The Morgan fingerprint density at radius 3 is 2.05 bits per heavy atom. The van der Waals surface area contributed by atoms with Crippen molar-refractivity contribution < 1.29 is 9.85 Å². The molecule has 0 aromatic heterocycles. The molecule has 0 saturated carbocycles. The first kappa shape index (κ1) is 13.4. The first-order chi connectivity index (χ1) is 9.58. The highest BCUT2D eigenvalue weighted by molar-refractivity contribution is 5.74. The number of hydrogen-bond acceptors (Lipinski definition) is 4. The SMILES string of the molecule is O=[N+]([O-])c1ccc(/C=C\c2ccccc2[N+](=O)[O-])cc1. The molecule has 2 aromatic carbocycles. The molecule has 0 unspecified atom stereocenters. The molecule has 0 bridgehead atoms. The van der Waals surface area contributed by atoms with Gasteiger partial charge < -0.3 is 0 Å². The van der Waals surface area contributed by atoms with Crippen LogP contribution < -0.4 is 0 Å². The molecule has 0 N–H and O–H groups in total. The van der Waals surface area contributed by atoms with E-state index in [1.165, 1.54) is 18.2 Å². The van der Waals surface area contributed by atoms with E-state index in [1.807, 2.05) is 0 Å². The Kier molecular flexibility index (Phi) is 3.85. The van der Waals surface area contributed by atoms with Gasteiger partial charge in [0.2, 0.25) is 0 Å². The van der Waals surface area contributed by atoms with E-state index < -0.39 is 9.85 Å². The van der Waals surface area contributed by atoms with Crippen molar-refractivity contribution in [2.24, 2.45) is 0 Å². The number of benzene rings is 2.